The molecule has 0 aliphatic carbocycles. The monoisotopic (exact) mass is 269 g/mol. The van der Waals surface area contributed by atoms with Crippen LogP contribution in [0.3, 0.4) is 0 Å². The summed E-state index contributed by atoms with van der Waals surface area (Å²) in [7, 11) is 2.02. The van der Waals surface area contributed by atoms with E-state index in [9.17, 15) is 4.79 Å². The van der Waals surface area contributed by atoms with Crippen molar-refractivity contribution in [1.29, 1.82) is 0 Å². The first-order valence-corrected chi connectivity index (χ1v) is 7.14. The predicted molar refractivity (Wildman–Crippen MR) is 71.2 cm³/mol. The molecule has 1 saturated heterocycles. The molecule has 1 N–H and O–H groups in total. The van der Waals surface area contributed by atoms with E-state index >= 15 is 0 Å². The van der Waals surface area contributed by atoms with Crippen molar-refractivity contribution >= 4 is 17.3 Å². The lowest BCUT2D eigenvalue weighted by atomic mass is 10.1. The highest BCUT2D eigenvalue weighted by Gasteiger charge is 2.18. The third-order valence-corrected chi connectivity index (χ3v) is 4.12. The van der Waals surface area contributed by atoms with E-state index in [0.29, 0.717) is 17.5 Å². The van der Waals surface area contributed by atoms with E-state index in [1.807, 2.05) is 18.5 Å². The van der Waals surface area contributed by atoms with Gasteiger partial charge in [0.2, 0.25) is 0 Å². The van der Waals surface area contributed by atoms with Crippen LogP contribution in [0.25, 0.3) is 0 Å². The number of nitrogens with zero attached hydrogens (tertiary/aromatic N) is 1. The van der Waals surface area contributed by atoms with Crippen molar-refractivity contribution in [2.24, 2.45) is 0 Å². The van der Waals surface area contributed by atoms with Gasteiger partial charge in [0.1, 0.15) is 4.88 Å². The molecular formula is C13H19NO3S. The van der Waals surface area contributed by atoms with Gasteiger partial charge < -0.3 is 9.84 Å². The number of hydrogen-bond acceptors (Lipinski definition) is 4. The Labute approximate surface area is 111 Å². The van der Waals surface area contributed by atoms with Gasteiger partial charge in [0, 0.05) is 19.7 Å². The molecule has 1 fully saturated rings. The van der Waals surface area contributed by atoms with Gasteiger partial charge in [0.05, 0.1) is 6.10 Å². The average molecular weight is 269 g/mol. The summed E-state index contributed by atoms with van der Waals surface area (Å²) in [5.74, 6) is -0.831. The van der Waals surface area contributed by atoms with Crippen molar-refractivity contribution in [3.05, 3.63) is 21.9 Å². The SMILES string of the molecule is CN(Cc1ccsc1C(=O)O)CC1CCCCO1. The predicted octanol–water partition coefficient (Wildman–Crippen LogP) is 2.45. The number of carbonyl (C=O) groups is 1. The van der Waals surface area contributed by atoms with Gasteiger partial charge in [-0.1, -0.05) is 0 Å². The smallest absolute Gasteiger partial charge is 0.346 e. The van der Waals surface area contributed by atoms with E-state index in [-0.39, 0.29) is 0 Å². The fourth-order valence-electron chi connectivity index (χ4n) is 2.30. The van der Waals surface area contributed by atoms with E-state index in [4.69, 9.17) is 9.84 Å². The van der Waals surface area contributed by atoms with Crippen molar-refractivity contribution in [1.82, 2.24) is 4.90 Å². The van der Waals surface area contributed by atoms with Crippen LogP contribution in [0.4, 0.5) is 0 Å². The molecule has 1 aromatic heterocycles. The summed E-state index contributed by atoms with van der Waals surface area (Å²) in [5, 5.41) is 10.9. The zero-order chi connectivity index (χ0) is 13.0. The molecule has 2 rings (SSSR count). The summed E-state index contributed by atoms with van der Waals surface area (Å²) in [6.45, 7) is 2.40. The van der Waals surface area contributed by atoms with Crippen LogP contribution in [-0.2, 0) is 11.3 Å². The van der Waals surface area contributed by atoms with Gasteiger partial charge in [-0.2, -0.15) is 0 Å². The summed E-state index contributed by atoms with van der Waals surface area (Å²) in [4.78, 5) is 13.6. The Bertz CT molecular complexity index is 399. The summed E-state index contributed by atoms with van der Waals surface area (Å²) < 4.78 is 5.69. The molecule has 18 heavy (non-hydrogen) atoms. The van der Waals surface area contributed by atoms with Crippen LogP contribution in [0.1, 0.15) is 34.5 Å². The lowest BCUT2D eigenvalue weighted by Gasteiger charge is -2.27. The second kappa shape index (κ2) is 6.31. The second-order valence-corrected chi connectivity index (χ2v) is 5.68. The van der Waals surface area contributed by atoms with Crippen molar-refractivity contribution in [2.45, 2.75) is 31.9 Å². The average Bonchev–Trinajstić information content (AvgIpc) is 2.78. The second-order valence-electron chi connectivity index (χ2n) is 4.77. The zero-order valence-corrected chi connectivity index (χ0v) is 11.4. The molecule has 1 aliphatic heterocycles. The fraction of sp³-hybridized carbons (Fsp3) is 0.615. The molecule has 1 aliphatic rings. The van der Waals surface area contributed by atoms with Crippen LogP contribution >= 0.6 is 11.3 Å². The van der Waals surface area contributed by atoms with Crippen LogP contribution in [0.2, 0.25) is 0 Å². The Kier molecular flexibility index (Phi) is 4.74. The van der Waals surface area contributed by atoms with Gasteiger partial charge in [0.25, 0.3) is 0 Å². The lowest BCUT2D eigenvalue weighted by molar-refractivity contribution is -0.00260. The van der Waals surface area contributed by atoms with Crippen molar-refractivity contribution in [3.8, 4) is 0 Å². The maximum absolute atomic E-state index is 11.0. The van der Waals surface area contributed by atoms with E-state index in [1.54, 1.807) is 0 Å². The Morgan fingerprint density at radius 3 is 3.11 bits per heavy atom. The minimum absolute atomic E-state index is 0.302. The van der Waals surface area contributed by atoms with Crippen molar-refractivity contribution < 1.29 is 14.6 Å². The zero-order valence-electron chi connectivity index (χ0n) is 10.6. The van der Waals surface area contributed by atoms with Gasteiger partial charge in [-0.25, -0.2) is 4.79 Å². The Morgan fingerprint density at radius 2 is 2.44 bits per heavy atom. The normalized spacial score (nSPS) is 20.2. The van der Waals surface area contributed by atoms with Crippen molar-refractivity contribution in [3.63, 3.8) is 0 Å². The summed E-state index contributed by atoms with van der Waals surface area (Å²) >= 11 is 1.29. The molecule has 0 amide bonds. The Morgan fingerprint density at radius 1 is 1.61 bits per heavy atom. The summed E-state index contributed by atoms with van der Waals surface area (Å²) in [6.07, 6.45) is 3.81. The molecule has 4 nitrogen and oxygen atoms in total. The molecule has 1 atom stereocenters. The van der Waals surface area contributed by atoms with Crippen molar-refractivity contribution in [2.75, 3.05) is 20.2 Å². The van der Waals surface area contributed by atoms with E-state index in [0.717, 1.165) is 31.6 Å². The first-order valence-electron chi connectivity index (χ1n) is 6.26. The Balaban J connectivity index is 1.88. The minimum atomic E-state index is -0.831. The number of rotatable bonds is 5. The number of hydrogen-bond donors (Lipinski definition) is 1. The van der Waals surface area contributed by atoms with E-state index in [2.05, 4.69) is 4.90 Å². The maximum Gasteiger partial charge on any atom is 0.346 e. The first kappa shape index (κ1) is 13.5. The number of carboxylic acids is 1. The standard InChI is InChI=1S/C13H19NO3S/c1-14(9-11-4-2-3-6-17-11)8-10-5-7-18-12(10)13(15)16/h5,7,11H,2-4,6,8-9H2,1H3,(H,15,16). The molecule has 5 heteroatoms. The van der Waals surface area contributed by atoms with E-state index < -0.39 is 5.97 Å². The molecule has 1 unspecified atom stereocenters. The topological polar surface area (TPSA) is 49.8 Å². The minimum Gasteiger partial charge on any atom is -0.477 e. The third-order valence-electron chi connectivity index (χ3n) is 3.17. The molecule has 2 heterocycles. The van der Waals surface area contributed by atoms with Gasteiger partial charge in [-0.05, 0) is 43.3 Å². The number of likely N-dealkylation sites (N-methyl/N-ethyl adjacent to an activating group) is 1. The van der Waals surface area contributed by atoms with Crippen LogP contribution < -0.4 is 0 Å². The molecular weight excluding hydrogens is 250 g/mol. The molecule has 0 saturated carbocycles. The fourth-order valence-corrected chi connectivity index (χ4v) is 3.06. The molecule has 1 aromatic rings. The maximum atomic E-state index is 11.0. The highest BCUT2D eigenvalue weighted by molar-refractivity contribution is 7.12. The molecule has 100 valence electrons. The van der Waals surface area contributed by atoms with Gasteiger partial charge in [0.15, 0.2) is 0 Å². The molecule has 0 bridgehead atoms. The van der Waals surface area contributed by atoms with Gasteiger partial charge in [-0.3, -0.25) is 4.90 Å². The number of carboxylic acid groups (broad SMARTS) is 1. The molecule has 0 radical (unpaired) electrons. The molecule has 0 spiro atoms. The highest BCUT2D eigenvalue weighted by Crippen LogP contribution is 2.19. The van der Waals surface area contributed by atoms with Crippen LogP contribution in [0.15, 0.2) is 11.4 Å². The quantitative estimate of drug-likeness (QED) is 0.892. The third kappa shape index (κ3) is 3.54. The lowest BCUT2D eigenvalue weighted by Crippen LogP contribution is -2.33. The van der Waals surface area contributed by atoms with Crippen LogP contribution in [0.5, 0.6) is 0 Å². The highest BCUT2D eigenvalue weighted by atomic mass is 32.1. The number of ether oxygens (including phenoxy) is 1. The first-order chi connectivity index (χ1) is 8.66. The van der Waals surface area contributed by atoms with Crippen LogP contribution in [0, 0.1) is 0 Å². The van der Waals surface area contributed by atoms with Crippen LogP contribution in [-0.4, -0.2) is 42.3 Å². The summed E-state index contributed by atoms with van der Waals surface area (Å²) in [6, 6.07) is 1.90. The van der Waals surface area contributed by atoms with E-state index in [1.165, 1.54) is 17.8 Å². The van der Waals surface area contributed by atoms with Gasteiger partial charge in [-0.15, -0.1) is 11.3 Å². The van der Waals surface area contributed by atoms with Gasteiger partial charge >= 0.3 is 5.97 Å². The largest absolute Gasteiger partial charge is 0.477 e. The Hall–Kier alpha value is -0.910. The summed E-state index contributed by atoms with van der Waals surface area (Å²) in [5.41, 5.74) is 0.894. The molecule has 0 aromatic carbocycles. The number of aromatic carboxylic acids is 1. The number of thiophene rings is 1.